The molecule has 0 aliphatic heterocycles. The van der Waals surface area contributed by atoms with Crippen molar-refractivity contribution in [3.63, 3.8) is 0 Å². The van der Waals surface area contributed by atoms with Crippen molar-refractivity contribution in [1.29, 1.82) is 0 Å². The highest BCUT2D eigenvalue weighted by Gasteiger charge is 2.14. The van der Waals surface area contributed by atoms with E-state index in [1.807, 2.05) is 32.1 Å². The number of nitrogens with one attached hydrogen (secondary N) is 1. The maximum atomic E-state index is 13.5. The molecule has 0 bridgehead atoms. The highest BCUT2D eigenvalue weighted by atomic mass is 19.1. The van der Waals surface area contributed by atoms with Crippen molar-refractivity contribution in [2.75, 3.05) is 18.5 Å². The molecule has 0 saturated heterocycles. The van der Waals surface area contributed by atoms with Gasteiger partial charge in [-0.2, -0.15) is 0 Å². The van der Waals surface area contributed by atoms with Gasteiger partial charge < -0.3 is 10.1 Å². The molecule has 0 radical (unpaired) electrons. The second-order valence-electron chi connectivity index (χ2n) is 8.79. The summed E-state index contributed by atoms with van der Waals surface area (Å²) in [6.45, 7) is 17.9. The molecule has 37 heavy (non-hydrogen) atoms. The van der Waals surface area contributed by atoms with Gasteiger partial charge in [0.1, 0.15) is 29.2 Å². The molecule has 0 saturated carbocycles. The molecule has 0 unspecified atom stereocenters. The molecule has 5 heteroatoms. The zero-order chi connectivity index (χ0) is 27.2. The van der Waals surface area contributed by atoms with Gasteiger partial charge in [0, 0.05) is 11.9 Å². The number of halogens is 1. The number of hydrogen-bond donors (Lipinski definition) is 1. The van der Waals surface area contributed by atoms with Crippen LogP contribution in [0.5, 0.6) is 5.75 Å². The van der Waals surface area contributed by atoms with E-state index in [0.717, 1.165) is 46.9 Å². The number of fused-ring (bicyclic) bond motifs is 1. The maximum Gasteiger partial charge on any atom is 0.146 e. The van der Waals surface area contributed by atoms with Crippen LogP contribution < -0.4 is 10.1 Å². The average molecular weight is 504 g/mol. The molecule has 0 fully saturated rings. The first-order valence-electron chi connectivity index (χ1n) is 13.4. The van der Waals surface area contributed by atoms with Crippen LogP contribution in [-0.2, 0) is 0 Å². The van der Waals surface area contributed by atoms with E-state index in [9.17, 15) is 4.39 Å². The molecule has 2 aromatic carbocycles. The first kappa shape index (κ1) is 29.8. The summed E-state index contributed by atoms with van der Waals surface area (Å²) in [7, 11) is 0. The largest absolute Gasteiger partial charge is 0.491 e. The fourth-order valence-electron chi connectivity index (χ4n) is 3.82. The Morgan fingerprint density at radius 3 is 2.38 bits per heavy atom. The average Bonchev–Trinajstić information content (AvgIpc) is 2.92. The van der Waals surface area contributed by atoms with Gasteiger partial charge >= 0.3 is 0 Å². The van der Waals surface area contributed by atoms with E-state index in [1.165, 1.54) is 17.7 Å². The Morgan fingerprint density at radius 2 is 1.73 bits per heavy atom. The van der Waals surface area contributed by atoms with Crippen LogP contribution in [0.15, 0.2) is 78.7 Å². The van der Waals surface area contributed by atoms with Gasteiger partial charge in [-0.25, -0.2) is 14.4 Å². The lowest BCUT2D eigenvalue weighted by molar-refractivity contribution is 0.243. The Morgan fingerprint density at radius 1 is 1.03 bits per heavy atom. The third-order valence-corrected chi connectivity index (χ3v) is 6.10. The van der Waals surface area contributed by atoms with E-state index in [0.29, 0.717) is 30.6 Å². The number of rotatable bonds is 12. The Hall–Kier alpha value is -3.47. The first-order valence-corrected chi connectivity index (χ1v) is 13.4. The Kier molecular flexibility index (Phi) is 12.5. The minimum Gasteiger partial charge on any atom is -0.491 e. The van der Waals surface area contributed by atoms with Crippen molar-refractivity contribution in [3.8, 4) is 16.9 Å². The first-order chi connectivity index (χ1) is 17.9. The number of ether oxygens (including phenoxy) is 1. The summed E-state index contributed by atoms with van der Waals surface area (Å²) in [5, 5.41) is 4.26. The zero-order valence-corrected chi connectivity index (χ0v) is 23.3. The van der Waals surface area contributed by atoms with Crippen LogP contribution in [-0.4, -0.2) is 23.1 Å². The van der Waals surface area contributed by atoms with E-state index in [4.69, 9.17) is 4.74 Å². The van der Waals surface area contributed by atoms with Crippen LogP contribution in [0.4, 0.5) is 10.2 Å². The number of aromatic nitrogens is 2. The number of allylic oxidation sites excluding steroid dienone is 3. The van der Waals surface area contributed by atoms with Crippen molar-refractivity contribution in [2.45, 2.75) is 60.8 Å². The predicted octanol–water partition coefficient (Wildman–Crippen LogP) is 9.16. The normalized spacial score (nSPS) is 11.5. The quantitative estimate of drug-likeness (QED) is 0.250. The van der Waals surface area contributed by atoms with Gasteiger partial charge in [-0.1, -0.05) is 90.0 Å². The molecular weight excluding hydrogens is 461 g/mol. The summed E-state index contributed by atoms with van der Waals surface area (Å²) in [6.07, 6.45) is 10.9. The minimum absolute atomic E-state index is 0.263. The van der Waals surface area contributed by atoms with Crippen LogP contribution in [0, 0.1) is 11.7 Å². The number of nitrogens with zero attached hydrogens (tertiary/aromatic N) is 2. The van der Waals surface area contributed by atoms with Gasteiger partial charge in [-0.05, 0) is 60.2 Å². The Balaban J connectivity index is 0.00000235. The summed E-state index contributed by atoms with van der Waals surface area (Å²) >= 11 is 0. The van der Waals surface area contributed by atoms with Gasteiger partial charge in [0.15, 0.2) is 0 Å². The Labute approximate surface area is 222 Å². The molecule has 0 aliphatic carbocycles. The molecular formula is C32H42FN3O. The second-order valence-corrected chi connectivity index (χ2v) is 8.79. The lowest BCUT2D eigenvalue weighted by atomic mass is 10.0. The number of anilines is 1. The third-order valence-electron chi connectivity index (χ3n) is 6.10. The summed E-state index contributed by atoms with van der Waals surface area (Å²) in [4.78, 5) is 9.05. The molecule has 0 atom stereocenters. The van der Waals surface area contributed by atoms with E-state index < -0.39 is 0 Å². The highest BCUT2D eigenvalue weighted by Crippen LogP contribution is 2.34. The Bertz CT molecular complexity index is 1190. The lowest BCUT2D eigenvalue weighted by Crippen LogP contribution is -2.11. The fourth-order valence-corrected chi connectivity index (χ4v) is 3.82. The van der Waals surface area contributed by atoms with Crippen LogP contribution >= 0.6 is 0 Å². The summed E-state index contributed by atoms with van der Waals surface area (Å²) < 4.78 is 19.8. The topological polar surface area (TPSA) is 47.0 Å². The van der Waals surface area contributed by atoms with Crippen molar-refractivity contribution in [2.24, 2.45) is 5.92 Å². The van der Waals surface area contributed by atoms with Gasteiger partial charge in [0.25, 0.3) is 0 Å². The fraction of sp³-hybridized carbons (Fsp3) is 0.375. The molecule has 1 aromatic heterocycles. The minimum atomic E-state index is -0.263. The zero-order valence-electron chi connectivity index (χ0n) is 23.3. The molecule has 4 nitrogen and oxygen atoms in total. The van der Waals surface area contributed by atoms with Crippen LogP contribution in [0.25, 0.3) is 22.0 Å². The summed E-state index contributed by atoms with van der Waals surface area (Å²) in [6, 6.07) is 10.5. The summed E-state index contributed by atoms with van der Waals surface area (Å²) in [5.74, 6) is 1.63. The standard InChI is InChI=1S/C30H36FN3O.C2H6/c1-6-9-21(4)10-11-22(5)18-32-30-27-16-25(24-12-14-26(31)15-13-24)17-28(29(27)33-20-34-30)35-19-23(7-2)8-3;1-2/h9-17,20,23H,5-8,18-19H2,1-4H3,(H,32,33,34);1-2H3/b11-10-,21-9+;. The second kappa shape index (κ2) is 15.6. The molecule has 0 amide bonds. The third kappa shape index (κ3) is 8.85. The molecule has 1 heterocycles. The van der Waals surface area contributed by atoms with E-state index in [-0.39, 0.29) is 5.82 Å². The molecule has 198 valence electrons. The maximum absolute atomic E-state index is 13.5. The van der Waals surface area contributed by atoms with Crippen molar-refractivity contribution in [3.05, 3.63) is 84.5 Å². The van der Waals surface area contributed by atoms with Gasteiger partial charge in [-0.15, -0.1) is 0 Å². The van der Waals surface area contributed by atoms with Crippen molar-refractivity contribution < 1.29 is 9.13 Å². The van der Waals surface area contributed by atoms with E-state index in [1.54, 1.807) is 18.5 Å². The van der Waals surface area contributed by atoms with Crippen LogP contribution in [0.3, 0.4) is 0 Å². The SMILES string of the molecule is C=C(/C=C\C(C)=C\CC)CNc1ncnc2c(OCC(CC)CC)cc(-c3ccc(F)cc3)cc12.CC. The molecule has 1 N–H and O–H groups in total. The van der Waals surface area contributed by atoms with Crippen molar-refractivity contribution >= 4 is 16.7 Å². The molecule has 3 aromatic rings. The van der Waals surface area contributed by atoms with Crippen LogP contribution in [0.1, 0.15) is 60.8 Å². The molecule has 3 rings (SSSR count). The number of hydrogen-bond acceptors (Lipinski definition) is 4. The number of benzene rings is 2. The van der Waals surface area contributed by atoms with Crippen molar-refractivity contribution in [1.82, 2.24) is 9.97 Å². The molecule has 0 aliphatic rings. The van der Waals surface area contributed by atoms with E-state index in [2.05, 4.69) is 61.7 Å². The van der Waals surface area contributed by atoms with Gasteiger partial charge in [0.05, 0.1) is 6.61 Å². The van der Waals surface area contributed by atoms with E-state index >= 15 is 0 Å². The van der Waals surface area contributed by atoms with Gasteiger partial charge in [-0.3, -0.25) is 0 Å². The summed E-state index contributed by atoms with van der Waals surface area (Å²) in [5.41, 5.74) is 4.74. The predicted molar refractivity (Wildman–Crippen MR) is 157 cm³/mol. The smallest absolute Gasteiger partial charge is 0.146 e. The van der Waals surface area contributed by atoms with Crippen LogP contribution in [0.2, 0.25) is 0 Å². The monoisotopic (exact) mass is 503 g/mol. The lowest BCUT2D eigenvalue weighted by Gasteiger charge is -2.17. The highest BCUT2D eigenvalue weighted by molar-refractivity contribution is 5.96. The molecule has 0 spiro atoms. The van der Waals surface area contributed by atoms with Gasteiger partial charge in [0.2, 0.25) is 0 Å².